The summed E-state index contributed by atoms with van der Waals surface area (Å²) in [5.41, 5.74) is 0.00161. The van der Waals surface area contributed by atoms with Crippen molar-refractivity contribution in [1.82, 2.24) is 4.31 Å². The Bertz CT molecular complexity index is 1040. The van der Waals surface area contributed by atoms with Gasteiger partial charge in [-0.15, -0.1) is 11.8 Å². The van der Waals surface area contributed by atoms with E-state index in [4.69, 9.17) is 0 Å². The van der Waals surface area contributed by atoms with Gasteiger partial charge >= 0.3 is 6.18 Å². The van der Waals surface area contributed by atoms with Crippen LogP contribution >= 0.6 is 11.8 Å². The first kappa shape index (κ1) is 22.5. The monoisotopic (exact) mass is 454 g/mol. The second-order valence-electron chi connectivity index (χ2n) is 5.76. The second kappa shape index (κ2) is 8.31. The SMILES string of the molecule is CN(C)S(=O)(=O)c1ccc(S(=O)(=O)Nc2ccccc2SCC(F)(F)F)cc1. The third-order valence-electron chi connectivity index (χ3n) is 3.44. The third-order valence-corrected chi connectivity index (χ3v) is 7.78. The first-order chi connectivity index (χ1) is 12.8. The molecule has 0 amide bonds. The maximum absolute atomic E-state index is 12.5. The van der Waals surface area contributed by atoms with Gasteiger partial charge in [0.15, 0.2) is 0 Å². The fraction of sp³-hybridized carbons (Fsp3) is 0.250. The summed E-state index contributed by atoms with van der Waals surface area (Å²) in [6, 6.07) is 10.2. The number of nitrogens with one attached hydrogen (secondary N) is 1. The summed E-state index contributed by atoms with van der Waals surface area (Å²) < 4.78 is 89.8. The van der Waals surface area contributed by atoms with Crippen LogP contribution in [0.15, 0.2) is 63.2 Å². The zero-order chi connectivity index (χ0) is 21.2. The van der Waals surface area contributed by atoms with Gasteiger partial charge in [0.2, 0.25) is 10.0 Å². The van der Waals surface area contributed by atoms with Gasteiger partial charge in [-0.1, -0.05) is 12.1 Å². The van der Waals surface area contributed by atoms with E-state index in [1.807, 2.05) is 0 Å². The Balaban J connectivity index is 2.28. The summed E-state index contributed by atoms with van der Waals surface area (Å²) in [6.07, 6.45) is -4.40. The molecule has 2 aromatic carbocycles. The van der Waals surface area contributed by atoms with E-state index >= 15 is 0 Å². The van der Waals surface area contributed by atoms with E-state index in [9.17, 15) is 30.0 Å². The maximum atomic E-state index is 12.5. The highest BCUT2D eigenvalue weighted by atomic mass is 32.2. The number of anilines is 1. The summed E-state index contributed by atoms with van der Waals surface area (Å²) in [5, 5.41) is 0. The highest BCUT2D eigenvalue weighted by Gasteiger charge is 2.28. The Morgan fingerprint density at radius 2 is 1.46 bits per heavy atom. The fourth-order valence-electron chi connectivity index (χ4n) is 2.04. The van der Waals surface area contributed by atoms with Crippen LogP contribution in [0.1, 0.15) is 0 Å². The van der Waals surface area contributed by atoms with Gasteiger partial charge in [0.05, 0.1) is 21.2 Å². The maximum Gasteiger partial charge on any atom is 0.398 e. The van der Waals surface area contributed by atoms with Crippen molar-refractivity contribution in [2.24, 2.45) is 0 Å². The van der Waals surface area contributed by atoms with Gasteiger partial charge in [-0.3, -0.25) is 4.72 Å². The van der Waals surface area contributed by atoms with Gasteiger partial charge in [0, 0.05) is 19.0 Å². The molecule has 0 bridgehead atoms. The van der Waals surface area contributed by atoms with E-state index in [1.54, 1.807) is 0 Å². The van der Waals surface area contributed by atoms with Crippen molar-refractivity contribution in [3.05, 3.63) is 48.5 Å². The molecule has 2 aromatic rings. The molecule has 0 aliphatic carbocycles. The van der Waals surface area contributed by atoms with Gasteiger partial charge in [0.1, 0.15) is 0 Å². The standard InChI is InChI=1S/C16H17F3N2O4S3/c1-21(2)28(24,25)13-9-7-12(8-10-13)27(22,23)20-14-5-3-4-6-15(14)26-11-16(17,18)19/h3-10,20H,11H2,1-2H3. The first-order valence-corrected chi connectivity index (χ1v) is 11.6. The average molecular weight is 455 g/mol. The highest BCUT2D eigenvalue weighted by Crippen LogP contribution is 2.33. The lowest BCUT2D eigenvalue weighted by molar-refractivity contribution is -0.105. The minimum absolute atomic E-state index is 0.00161. The highest BCUT2D eigenvalue weighted by molar-refractivity contribution is 7.99. The van der Waals surface area contributed by atoms with E-state index < -0.39 is 32.0 Å². The smallest absolute Gasteiger partial charge is 0.278 e. The molecule has 0 saturated carbocycles. The lowest BCUT2D eigenvalue weighted by Gasteiger charge is -2.14. The first-order valence-electron chi connectivity index (χ1n) is 7.67. The van der Waals surface area contributed by atoms with Crippen molar-refractivity contribution in [1.29, 1.82) is 0 Å². The van der Waals surface area contributed by atoms with Crippen LogP contribution in [0.4, 0.5) is 18.9 Å². The normalized spacial score (nSPS) is 12.9. The Morgan fingerprint density at radius 1 is 0.929 bits per heavy atom. The number of benzene rings is 2. The molecule has 28 heavy (non-hydrogen) atoms. The lowest BCUT2D eigenvalue weighted by atomic mass is 10.3. The molecule has 0 spiro atoms. The van der Waals surface area contributed by atoms with E-state index in [-0.39, 0.29) is 20.4 Å². The van der Waals surface area contributed by atoms with Crippen molar-refractivity contribution < 1.29 is 30.0 Å². The summed E-state index contributed by atoms with van der Waals surface area (Å²) in [5.74, 6) is -1.16. The van der Waals surface area contributed by atoms with Crippen LogP contribution in [0.25, 0.3) is 0 Å². The van der Waals surface area contributed by atoms with Crippen LogP contribution in [-0.2, 0) is 20.0 Å². The van der Waals surface area contributed by atoms with Crippen molar-refractivity contribution in [3.63, 3.8) is 0 Å². The number of rotatable bonds is 7. The van der Waals surface area contributed by atoms with Crippen molar-refractivity contribution in [2.75, 3.05) is 24.6 Å². The minimum Gasteiger partial charge on any atom is -0.278 e. The van der Waals surface area contributed by atoms with Crippen LogP contribution in [0, 0.1) is 0 Å². The topological polar surface area (TPSA) is 83.6 Å². The number of thioether (sulfide) groups is 1. The minimum atomic E-state index is -4.40. The number of hydrogen-bond acceptors (Lipinski definition) is 5. The van der Waals surface area contributed by atoms with Gasteiger partial charge < -0.3 is 0 Å². The van der Waals surface area contributed by atoms with Crippen LogP contribution in [0.2, 0.25) is 0 Å². The zero-order valence-corrected chi connectivity index (χ0v) is 17.2. The summed E-state index contributed by atoms with van der Waals surface area (Å²) >= 11 is 0.462. The van der Waals surface area contributed by atoms with Crippen molar-refractivity contribution >= 4 is 37.5 Å². The fourth-order valence-corrected chi connectivity index (χ4v) is 4.86. The molecule has 0 saturated heterocycles. The summed E-state index contributed by atoms with van der Waals surface area (Å²) in [6.45, 7) is 0. The quantitative estimate of drug-likeness (QED) is 0.649. The van der Waals surface area contributed by atoms with Gasteiger partial charge in [0.25, 0.3) is 10.0 Å². The molecule has 0 aromatic heterocycles. The molecule has 12 heteroatoms. The molecule has 0 unspecified atom stereocenters. The van der Waals surface area contributed by atoms with Crippen LogP contribution in [0.5, 0.6) is 0 Å². The molecule has 0 heterocycles. The zero-order valence-electron chi connectivity index (χ0n) is 14.8. The molecule has 154 valence electrons. The number of alkyl halides is 3. The Morgan fingerprint density at radius 3 is 2.00 bits per heavy atom. The predicted octanol–water partition coefficient (Wildman–Crippen LogP) is 3.39. The molecule has 0 fully saturated rings. The Kier molecular flexibility index (Phi) is 6.69. The van der Waals surface area contributed by atoms with Gasteiger partial charge in [-0.05, 0) is 36.4 Å². The largest absolute Gasteiger partial charge is 0.398 e. The van der Waals surface area contributed by atoms with E-state index in [0.717, 1.165) is 28.6 Å². The summed E-state index contributed by atoms with van der Waals surface area (Å²) in [4.78, 5) is -0.186. The van der Waals surface area contributed by atoms with E-state index in [0.29, 0.717) is 11.8 Å². The molecule has 0 radical (unpaired) electrons. The average Bonchev–Trinajstić information content (AvgIpc) is 2.60. The van der Waals surface area contributed by atoms with Crippen molar-refractivity contribution in [2.45, 2.75) is 20.9 Å². The molecular weight excluding hydrogens is 437 g/mol. The van der Waals surface area contributed by atoms with Gasteiger partial charge in [-0.2, -0.15) is 13.2 Å². The molecule has 1 N–H and O–H groups in total. The summed E-state index contributed by atoms with van der Waals surface area (Å²) in [7, 11) is -5.15. The van der Waals surface area contributed by atoms with Crippen LogP contribution < -0.4 is 4.72 Å². The number of halogens is 3. The van der Waals surface area contributed by atoms with Crippen LogP contribution in [-0.4, -0.2) is 47.2 Å². The molecule has 0 aliphatic rings. The lowest BCUT2D eigenvalue weighted by Crippen LogP contribution is -2.22. The van der Waals surface area contributed by atoms with Gasteiger partial charge in [-0.25, -0.2) is 21.1 Å². The number of para-hydroxylation sites is 1. The number of hydrogen-bond donors (Lipinski definition) is 1. The van der Waals surface area contributed by atoms with E-state index in [2.05, 4.69) is 4.72 Å². The molecule has 6 nitrogen and oxygen atoms in total. The third kappa shape index (κ3) is 5.63. The molecule has 0 aliphatic heterocycles. The molecule has 2 rings (SSSR count). The Labute approximate surface area is 165 Å². The number of sulfonamides is 2. The predicted molar refractivity (Wildman–Crippen MR) is 101 cm³/mol. The number of nitrogens with zero attached hydrogens (tertiary/aromatic N) is 1. The second-order valence-corrected chi connectivity index (χ2v) is 10.6. The molecular formula is C16H17F3N2O4S3. The van der Waals surface area contributed by atoms with Crippen LogP contribution in [0.3, 0.4) is 0 Å². The van der Waals surface area contributed by atoms with E-state index in [1.165, 1.54) is 38.4 Å². The Hall–Kier alpha value is -1.76. The molecule has 0 atom stereocenters. The van der Waals surface area contributed by atoms with Crippen molar-refractivity contribution in [3.8, 4) is 0 Å².